The first-order valence-electron chi connectivity index (χ1n) is 9.02. The fourth-order valence-corrected chi connectivity index (χ4v) is 3.61. The third-order valence-corrected chi connectivity index (χ3v) is 4.86. The first-order valence-corrected chi connectivity index (χ1v) is 9.02. The lowest BCUT2D eigenvalue weighted by molar-refractivity contribution is 0.174. The van der Waals surface area contributed by atoms with Crippen LogP contribution in [0.15, 0.2) is 24.3 Å². The van der Waals surface area contributed by atoms with Gasteiger partial charge in [0.1, 0.15) is 17.5 Å². The fraction of sp³-hybridized carbons (Fsp3) is 0.474. The zero-order valence-corrected chi connectivity index (χ0v) is 14.8. The van der Waals surface area contributed by atoms with Gasteiger partial charge in [0.2, 0.25) is 6.79 Å². The topological polar surface area (TPSA) is 59.5 Å². The highest BCUT2D eigenvalue weighted by atomic mass is 16.7. The zero-order valence-electron chi connectivity index (χ0n) is 14.8. The third-order valence-electron chi connectivity index (χ3n) is 4.86. The van der Waals surface area contributed by atoms with E-state index in [1.54, 1.807) is 0 Å². The summed E-state index contributed by atoms with van der Waals surface area (Å²) in [7, 11) is 0. The van der Waals surface area contributed by atoms with Crippen LogP contribution in [-0.4, -0.2) is 29.3 Å². The monoisotopic (exact) mass is 340 g/mol. The minimum absolute atomic E-state index is 0.281. The molecular formula is C19H24N4O2. The van der Waals surface area contributed by atoms with E-state index in [9.17, 15) is 0 Å². The van der Waals surface area contributed by atoms with Gasteiger partial charge in [-0.25, -0.2) is 9.97 Å². The number of anilines is 3. The molecule has 25 heavy (non-hydrogen) atoms. The van der Waals surface area contributed by atoms with Gasteiger partial charge in [-0.05, 0) is 44.7 Å². The van der Waals surface area contributed by atoms with E-state index in [1.807, 2.05) is 31.2 Å². The Balaban J connectivity index is 1.59. The number of ether oxygens (including phenoxy) is 2. The van der Waals surface area contributed by atoms with Gasteiger partial charge >= 0.3 is 0 Å². The molecule has 0 amide bonds. The number of nitrogens with zero attached hydrogens (tertiary/aromatic N) is 3. The van der Waals surface area contributed by atoms with E-state index in [-0.39, 0.29) is 6.79 Å². The smallest absolute Gasteiger partial charge is 0.231 e. The van der Waals surface area contributed by atoms with Crippen molar-refractivity contribution < 1.29 is 9.47 Å². The highest BCUT2D eigenvalue weighted by Crippen LogP contribution is 2.35. The molecule has 2 aromatic rings. The number of aryl methyl sites for hydroxylation is 1. The number of benzene rings is 1. The Morgan fingerprint density at radius 1 is 1.16 bits per heavy atom. The molecule has 4 rings (SSSR count). The molecule has 1 aromatic heterocycles. The second kappa shape index (κ2) is 6.78. The summed E-state index contributed by atoms with van der Waals surface area (Å²) in [6, 6.07) is 8.44. The normalized spacial score (nSPS) is 19.1. The molecule has 0 aliphatic carbocycles. The van der Waals surface area contributed by atoms with E-state index >= 15 is 0 Å². The second-order valence-corrected chi connectivity index (χ2v) is 6.60. The molecule has 6 heteroatoms. The van der Waals surface area contributed by atoms with Crippen LogP contribution >= 0.6 is 0 Å². The average Bonchev–Trinajstić information content (AvgIpc) is 3.09. The molecule has 1 N–H and O–H groups in total. The van der Waals surface area contributed by atoms with E-state index in [0.717, 1.165) is 47.6 Å². The highest BCUT2D eigenvalue weighted by Gasteiger charge is 2.23. The van der Waals surface area contributed by atoms with Crippen molar-refractivity contribution in [3.05, 3.63) is 30.1 Å². The average molecular weight is 340 g/mol. The second-order valence-electron chi connectivity index (χ2n) is 6.60. The highest BCUT2D eigenvalue weighted by molar-refractivity contribution is 5.64. The van der Waals surface area contributed by atoms with Crippen molar-refractivity contribution in [3.63, 3.8) is 0 Å². The summed E-state index contributed by atoms with van der Waals surface area (Å²) < 4.78 is 10.8. The minimum Gasteiger partial charge on any atom is -0.454 e. The molecule has 1 atom stereocenters. The predicted molar refractivity (Wildman–Crippen MR) is 97.9 cm³/mol. The molecule has 1 unspecified atom stereocenters. The molecule has 0 saturated carbocycles. The standard InChI is InChI=1S/C19H24N4O2/c1-3-15-6-4-5-9-23(15)19-11-18(20-13(2)21-19)22-14-7-8-16-17(10-14)25-12-24-16/h7-8,10-11,15H,3-6,9,12H2,1-2H3,(H,20,21,22). The maximum absolute atomic E-state index is 5.44. The van der Waals surface area contributed by atoms with Crippen LogP contribution in [0.2, 0.25) is 0 Å². The molecule has 6 nitrogen and oxygen atoms in total. The Kier molecular flexibility index (Phi) is 4.34. The van der Waals surface area contributed by atoms with Crippen molar-refractivity contribution in [1.82, 2.24) is 9.97 Å². The SMILES string of the molecule is CCC1CCCCN1c1cc(Nc2ccc3c(c2)OCO3)nc(C)n1. The summed E-state index contributed by atoms with van der Waals surface area (Å²) in [6.45, 7) is 5.55. The molecule has 3 heterocycles. The van der Waals surface area contributed by atoms with Gasteiger partial charge in [0.05, 0.1) is 0 Å². The first kappa shape index (κ1) is 16.0. The van der Waals surface area contributed by atoms with Crippen molar-refractivity contribution in [2.45, 2.75) is 45.6 Å². The molecule has 0 spiro atoms. The van der Waals surface area contributed by atoms with E-state index in [0.29, 0.717) is 6.04 Å². The third kappa shape index (κ3) is 3.34. The van der Waals surface area contributed by atoms with Crippen molar-refractivity contribution in [3.8, 4) is 11.5 Å². The van der Waals surface area contributed by atoms with E-state index in [2.05, 4.69) is 27.1 Å². The number of rotatable bonds is 4. The number of fused-ring (bicyclic) bond motifs is 1. The number of nitrogens with one attached hydrogen (secondary N) is 1. The summed E-state index contributed by atoms with van der Waals surface area (Å²) in [6.07, 6.45) is 4.92. The lowest BCUT2D eigenvalue weighted by Gasteiger charge is -2.36. The molecule has 132 valence electrons. The Morgan fingerprint density at radius 3 is 2.92 bits per heavy atom. The largest absolute Gasteiger partial charge is 0.454 e. The van der Waals surface area contributed by atoms with Crippen molar-refractivity contribution in [2.24, 2.45) is 0 Å². The van der Waals surface area contributed by atoms with Crippen LogP contribution in [0.1, 0.15) is 38.4 Å². The number of aromatic nitrogens is 2. The Bertz CT molecular complexity index is 765. The van der Waals surface area contributed by atoms with Gasteiger partial charge in [0, 0.05) is 30.4 Å². The number of piperidine rings is 1. The maximum Gasteiger partial charge on any atom is 0.231 e. The van der Waals surface area contributed by atoms with Gasteiger partial charge < -0.3 is 19.7 Å². The summed E-state index contributed by atoms with van der Waals surface area (Å²) in [5.74, 6) is 4.15. The number of hydrogen-bond donors (Lipinski definition) is 1. The number of hydrogen-bond acceptors (Lipinski definition) is 6. The quantitative estimate of drug-likeness (QED) is 0.907. The maximum atomic E-state index is 5.44. The van der Waals surface area contributed by atoms with Gasteiger partial charge in [-0.3, -0.25) is 0 Å². The lowest BCUT2D eigenvalue weighted by atomic mass is 10.00. The summed E-state index contributed by atoms with van der Waals surface area (Å²) in [5.41, 5.74) is 0.930. The van der Waals surface area contributed by atoms with Crippen LogP contribution in [0.3, 0.4) is 0 Å². The van der Waals surface area contributed by atoms with Gasteiger partial charge in [-0.15, -0.1) is 0 Å². The van der Waals surface area contributed by atoms with Crippen molar-refractivity contribution >= 4 is 17.3 Å². The Morgan fingerprint density at radius 2 is 2.04 bits per heavy atom. The zero-order chi connectivity index (χ0) is 17.2. The molecule has 1 aromatic carbocycles. The Hall–Kier alpha value is -2.50. The van der Waals surface area contributed by atoms with Crippen LogP contribution in [0.5, 0.6) is 11.5 Å². The molecule has 0 bridgehead atoms. The molecule has 1 fully saturated rings. The lowest BCUT2D eigenvalue weighted by Crippen LogP contribution is -2.39. The van der Waals surface area contributed by atoms with Crippen LogP contribution < -0.4 is 19.7 Å². The summed E-state index contributed by atoms with van der Waals surface area (Å²) in [4.78, 5) is 11.7. The fourth-order valence-electron chi connectivity index (χ4n) is 3.61. The van der Waals surface area contributed by atoms with Crippen LogP contribution in [0.4, 0.5) is 17.3 Å². The predicted octanol–water partition coefficient (Wildman–Crippen LogP) is 4.03. The van der Waals surface area contributed by atoms with E-state index in [4.69, 9.17) is 9.47 Å². The van der Waals surface area contributed by atoms with Gasteiger partial charge in [-0.1, -0.05) is 6.92 Å². The van der Waals surface area contributed by atoms with Crippen LogP contribution in [-0.2, 0) is 0 Å². The van der Waals surface area contributed by atoms with Crippen molar-refractivity contribution in [2.75, 3.05) is 23.6 Å². The summed E-state index contributed by atoms with van der Waals surface area (Å²) >= 11 is 0. The molecule has 2 aliphatic heterocycles. The van der Waals surface area contributed by atoms with Gasteiger partial charge in [0.15, 0.2) is 11.5 Å². The van der Waals surface area contributed by atoms with Crippen molar-refractivity contribution in [1.29, 1.82) is 0 Å². The molecule has 1 saturated heterocycles. The summed E-state index contributed by atoms with van der Waals surface area (Å²) in [5, 5.41) is 3.37. The van der Waals surface area contributed by atoms with Gasteiger partial charge in [0.25, 0.3) is 0 Å². The van der Waals surface area contributed by atoms with E-state index in [1.165, 1.54) is 19.3 Å². The van der Waals surface area contributed by atoms with E-state index < -0.39 is 0 Å². The van der Waals surface area contributed by atoms with Gasteiger partial charge in [-0.2, -0.15) is 0 Å². The Labute approximate surface area is 148 Å². The van der Waals surface area contributed by atoms with Crippen LogP contribution in [0.25, 0.3) is 0 Å². The molecule has 0 radical (unpaired) electrons. The molecule has 2 aliphatic rings. The molecular weight excluding hydrogens is 316 g/mol. The first-order chi connectivity index (χ1) is 12.2. The minimum atomic E-state index is 0.281. The van der Waals surface area contributed by atoms with Crippen LogP contribution in [0, 0.1) is 6.92 Å².